The zero-order chi connectivity index (χ0) is 15.6. The third kappa shape index (κ3) is 1.87. The maximum absolute atomic E-state index is 6.33. The third-order valence-electron chi connectivity index (χ3n) is 4.21. The summed E-state index contributed by atoms with van der Waals surface area (Å²) in [4.78, 5) is 0. The Hall–Kier alpha value is -2.23. The third-order valence-corrected chi connectivity index (χ3v) is 5.56. The molecule has 112 valence electrons. The van der Waals surface area contributed by atoms with Crippen LogP contribution in [0.4, 0.5) is 11.4 Å². The van der Waals surface area contributed by atoms with Crippen LogP contribution >= 0.6 is 22.9 Å². The minimum Gasteiger partial charge on any atom is -0.452 e. The summed E-state index contributed by atoms with van der Waals surface area (Å²) in [6.45, 7) is 2.02. The van der Waals surface area contributed by atoms with Gasteiger partial charge in [-0.3, -0.25) is 0 Å². The largest absolute Gasteiger partial charge is 0.452 e. The lowest BCUT2D eigenvalue weighted by Gasteiger charge is -2.24. The van der Waals surface area contributed by atoms with Gasteiger partial charge in [0.1, 0.15) is 0 Å². The van der Waals surface area contributed by atoms with Crippen molar-refractivity contribution < 1.29 is 4.74 Å². The van der Waals surface area contributed by atoms with Crippen LogP contribution in [0.2, 0.25) is 5.02 Å². The van der Waals surface area contributed by atoms with E-state index in [2.05, 4.69) is 41.7 Å². The number of anilines is 2. The molecule has 1 aromatic heterocycles. The topological polar surface area (TPSA) is 21.3 Å². The van der Waals surface area contributed by atoms with Gasteiger partial charge in [-0.25, -0.2) is 0 Å². The highest BCUT2D eigenvalue weighted by Crippen LogP contribution is 2.51. The molecule has 0 radical (unpaired) electrons. The molecular formula is C19H12ClNOS. The van der Waals surface area contributed by atoms with Crippen molar-refractivity contribution in [3.63, 3.8) is 0 Å². The van der Waals surface area contributed by atoms with Crippen molar-refractivity contribution in [2.45, 2.75) is 6.92 Å². The van der Waals surface area contributed by atoms with Gasteiger partial charge in [-0.1, -0.05) is 29.8 Å². The fraction of sp³-hybridized carbons (Fsp3) is 0.0526. The maximum atomic E-state index is 6.33. The molecule has 1 aliphatic rings. The van der Waals surface area contributed by atoms with Crippen molar-refractivity contribution in [3.8, 4) is 11.5 Å². The summed E-state index contributed by atoms with van der Waals surface area (Å²) in [5.41, 5.74) is 2.93. The van der Waals surface area contributed by atoms with Gasteiger partial charge in [0.05, 0.1) is 11.4 Å². The zero-order valence-electron chi connectivity index (χ0n) is 12.3. The highest BCUT2D eigenvalue weighted by Gasteiger charge is 2.23. The molecule has 23 heavy (non-hydrogen) atoms. The SMILES string of the molecule is Cc1cc(Cl)cc2c1Oc1c(ccc3sc4ccccc4c13)N2. The molecule has 3 aromatic carbocycles. The van der Waals surface area contributed by atoms with E-state index in [0.29, 0.717) is 5.02 Å². The number of fused-ring (bicyclic) bond motifs is 6. The molecule has 0 atom stereocenters. The lowest BCUT2D eigenvalue weighted by atomic mass is 10.1. The van der Waals surface area contributed by atoms with Crippen molar-refractivity contribution >= 4 is 54.5 Å². The van der Waals surface area contributed by atoms with E-state index < -0.39 is 0 Å². The molecule has 5 rings (SSSR count). The molecule has 1 N–H and O–H groups in total. The van der Waals surface area contributed by atoms with Crippen LogP contribution in [0.25, 0.3) is 20.2 Å². The molecule has 4 aromatic rings. The number of ether oxygens (including phenoxy) is 1. The van der Waals surface area contributed by atoms with E-state index in [0.717, 1.165) is 28.4 Å². The summed E-state index contributed by atoms with van der Waals surface area (Å²) in [7, 11) is 0. The predicted octanol–water partition coefficient (Wildman–Crippen LogP) is 6.87. The molecule has 0 saturated heterocycles. The van der Waals surface area contributed by atoms with E-state index in [9.17, 15) is 0 Å². The van der Waals surface area contributed by atoms with Gasteiger partial charge in [-0.2, -0.15) is 0 Å². The van der Waals surface area contributed by atoms with Crippen LogP contribution in [0.5, 0.6) is 11.5 Å². The van der Waals surface area contributed by atoms with E-state index in [4.69, 9.17) is 16.3 Å². The molecule has 0 aliphatic carbocycles. The molecule has 0 unspecified atom stereocenters. The number of rotatable bonds is 0. The average Bonchev–Trinajstić information content (AvgIpc) is 2.92. The summed E-state index contributed by atoms with van der Waals surface area (Å²) >= 11 is 7.96. The van der Waals surface area contributed by atoms with Gasteiger partial charge in [0.15, 0.2) is 11.5 Å². The Morgan fingerprint density at radius 3 is 2.74 bits per heavy atom. The van der Waals surface area contributed by atoms with Crippen molar-refractivity contribution in [3.05, 3.63) is 59.1 Å². The fourth-order valence-electron chi connectivity index (χ4n) is 3.20. The molecule has 0 amide bonds. The summed E-state index contributed by atoms with van der Waals surface area (Å²) in [5, 5.41) is 6.59. The van der Waals surface area contributed by atoms with Gasteiger partial charge in [0, 0.05) is 25.2 Å². The second-order valence-electron chi connectivity index (χ2n) is 5.74. The van der Waals surface area contributed by atoms with E-state index in [1.54, 1.807) is 11.3 Å². The van der Waals surface area contributed by atoms with Gasteiger partial charge in [0.2, 0.25) is 0 Å². The number of aryl methyl sites for hydroxylation is 1. The minimum atomic E-state index is 0.711. The van der Waals surface area contributed by atoms with Gasteiger partial charge < -0.3 is 10.1 Å². The summed E-state index contributed by atoms with van der Waals surface area (Å²) in [5.74, 6) is 1.75. The number of halogens is 1. The molecule has 0 fully saturated rings. The summed E-state index contributed by atoms with van der Waals surface area (Å²) in [6.07, 6.45) is 0. The molecule has 0 spiro atoms. The second kappa shape index (κ2) is 4.63. The Balaban J connectivity index is 1.83. The van der Waals surface area contributed by atoms with E-state index in [-0.39, 0.29) is 0 Å². The zero-order valence-corrected chi connectivity index (χ0v) is 13.9. The van der Waals surface area contributed by atoms with Crippen LogP contribution in [0.3, 0.4) is 0 Å². The van der Waals surface area contributed by atoms with Crippen LogP contribution in [0.15, 0.2) is 48.5 Å². The Morgan fingerprint density at radius 2 is 1.83 bits per heavy atom. The molecule has 2 heterocycles. The molecule has 0 saturated carbocycles. The van der Waals surface area contributed by atoms with Crippen molar-refractivity contribution in [2.24, 2.45) is 0 Å². The molecular weight excluding hydrogens is 326 g/mol. The van der Waals surface area contributed by atoms with Crippen LogP contribution in [-0.4, -0.2) is 0 Å². The standard InChI is InChI=1S/C19H12ClNOS/c1-10-8-11(20)9-14-18(10)22-19-13(21-14)6-7-16-17(19)12-4-2-3-5-15(12)23-16/h2-9,21H,1H3. The van der Waals surface area contributed by atoms with Crippen LogP contribution < -0.4 is 10.1 Å². The summed E-state index contributed by atoms with van der Waals surface area (Å²) in [6, 6.07) is 16.5. The molecule has 2 nitrogen and oxygen atoms in total. The smallest absolute Gasteiger partial charge is 0.160 e. The summed E-state index contributed by atoms with van der Waals surface area (Å²) < 4.78 is 8.84. The number of hydrogen-bond acceptors (Lipinski definition) is 3. The normalized spacial score (nSPS) is 12.6. The van der Waals surface area contributed by atoms with Crippen molar-refractivity contribution in [2.75, 3.05) is 5.32 Å². The van der Waals surface area contributed by atoms with Gasteiger partial charge in [0.25, 0.3) is 0 Å². The van der Waals surface area contributed by atoms with Gasteiger partial charge in [-0.05, 0) is 42.8 Å². The molecule has 1 aliphatic heterocycles. The quantitative estimate of drug-likeness (QED) is 0.333. The van der Waals surface area contributed by atoms with E-state index in [1.165, 1.54) is 20.2 Å². The van der Waals surface area contributed by atoms with Gasteiger partial charge >= 0.3 is 0 Å². The Bertz CT molecular complexity index is 1100. The van der Waals surface area contributed by atoms with Crippen molar-refractivity contribution in [1.29, 1.82) is 0 Å². The minimum absolute atomic E-state index is 0.711. The lowest BCUT2D eigenvalue weighted by molar-refractivity contribution is 0.483. The first-order valence-corrected chi connectivity index (χ1v) is 8.59. The highest BCUT2D eigenvalue weighted by atomic mass is 35.5. The first-order valence-electron chi connectivity index (χ1n) is 7.40. The van der Waals surface area contributed by atoms with Crippen LogP contribution in [0.1, 0.15) is 5.56 Å². The van der Waals surface area contributed by atoms with E-state index in [1.807, 2.05) is 19.1 Å². The number of thiophene rings is 1. The Morgan fingerprint density at radius 1 is 0.957 bits per heavy atom. The van der Waals surface area contributed by atoms with Crippen LogP contribution in [-0.2, 0) is 0 Å². The number of benzene rings is 3. The first-order chi connectivity index (χ1) is 11.2. The lowest BCUT2D eigenvalue weighted by Crippen LogP contribution is -2.04. The fourth-order valence-corrected chi connectivity index (χ4v) is 4.57. The highest BCUT2D eigenvalue weighted by molar-refractivity contribution is 7.25. The van der Waals surface area contributed by atoms with Crippen molar-refractivity contribution in [1.82, 2.24) is 0 Å². The number of nitrogens with one attached hydrogen (secondary N) is 1. The Kier molecular flexibility index (Phi) is 2.67. The van der Waals surface area contributed by atoms with Crippen LogP contribution in [0, 0.1) is 6.92 Å². The maximum Gasteiger partial charge on any atom is 0.160 e. The molecule has 0 bridgehead atoms. The van der Waals surface area contributed by atoms with E-state index >= 15 is 0 Å². The van der Waals surface area contributed by atoms with Gasteiger partial charge in [-0.15, -0.1) is 11.3 Å². The average molecular weight is 338 g/mol. The second-order valence-corrected chi connectivity index (χ2v) is 7.26. The molecule has 4 heteroatoms. The number of hydrogen-bond donors (Lipinski definition) is 1. The first kappa shape index (κ1) is 13.2. The Labute approximate surface area is 142 Å². The predicted molar refractivity (Wildman–Crippen MR) is 98.9 cm³/mol. The monoisotopic (exact) mass is 337 g/mol.